The first-order valence-electron chi connectivity index (χ1n) is 21.2. The number of rotatable bonds is 37. The quantitative estimate of drug-likeness (QED) is 0.0366. The third-order valence-corrected chi connectivity index (χ3v) is 9.47. The molecule has 0 bridgehead atoms. The molecule has 0 radical (unpaired) electrons. The summed E-state index contributed by atoms with van der Waals surface area (Å²) in [5, 5.41) is 0. The van der Waals surface area contributed by atoms with E-state index in [-0.39, 0.29) is 31.1 Å². The minimum atomic E-state index is -0.759. The summed E-state index contributed by atoms with van der Waals surface area (Å²) in [6, 6.07) is 0. The first-order chi connectivity index (χ1) is 23.7. The van der Waals surface area contributed by atoms with E-state index in [1.807, 2.05) is 0 Å². The van der Waals surface area contributed by atoms with Crippen LogP contribution in [-0.4, -0.2) is 37.2 Å². The average Bonchev–Trinajstić information content (AvgIpc) is 3.06. The number of ether oxygens (including phenoxy) is 3. The number of esters is 3. The predicted octanol–water partition coefficient (Wildman–Crippen LogP) is 13.0. The van der Waals surface area contributed by atoms with Crippen molar-refractivity contribution in [2.75, 3.05) is 13.2 Å². The Hall–Kier alpha value is -1.59. The summed E-state index contributed by atoms with van der Waals surface area (Å²) >= 11 is 0. The minimum absolute atomic E-state index is 0.0663. The summed E-state index contributed by atoms with van der Waals surface area (Å²) < 4.78 is 16.6. The Morgan fingerprint density at radius 2 is 0.673 bits per heavy atom. The van der Waals surface area contributed by atoms with Gasteiger partial charge in [-0.25, -0.2) is 0 Å². The van der Waals surface area contributed by atoms with Crippen LogP contribution >= 0.6 is 0 Å². The van der Waals surface area contributed by atoms with E-state index in [1.54, 1.807) is 0 Å². The lowest BCUT2D eigenvalue weighted by molar-refractivity contribution is -0.167. The second-order valence-corrected chi connectivity index (χ2v) is 15.6. The number of carbonyl (C=O) groups is 3. The Morgan fingerprint density at radius 1 is 0.388 bits per heavy atom. The van der Waals surface area contributed by atoms with Gasteiger partial charge in [-0.2, -0.15) is 0 Å². The molecular weight excluding hydrogens is 612 g/mol. The van der Waals surface area contributed by atoms with Crippen molar-refractivity contribution in [3.05, 3.63) is 0 Å². The van der Waals surface area contributed by atoms with Crippen molar-refractivity contribution in [2.45, 2.75) is 233 Å². The molecule has 6 nitrogen and oxygen atoms in total. The Balaban J connectivity index is 4.35. The van der Waals surface area contributed by atoms with E-state index >= 15 is 0 Å². The molecule has 0 aromatic rings. The summed E-state index contributed by atoms with van der Waals surface area (Å²) in [7, 11) is 0. The molecule has 6 heteroatoms. The van der Waals surface area contributed by atoms with E-state index in [4.69, 9.17) is 14.2 Å². The van der Waals surface area contributed by atoms with Crippen molar-refractivity contribution in [1.29, 1.82) is 0 Å². The molecule has 0 amide bonds. The molecule has 0 fully saturated rings. The SMILES string of the molecule is CCCCCCCCCCCCC(=O)OC[C@H](COC(=O)CCCCCCCCCCC(C)C)OC(=O)CCCCCCCCCC(C)C. The van der Waals surface area contributed by atoms with Gasteiger partial charge >= 0.3 is 17.9 Å². The third-order valence-electron chi connectivity index (χ3n) is 9.47. The Kier molecular flexibility index (Phi) is 35.0. The van der Waals surface area contributed by atoms with Gasteiger partial charge in [-0.05, 0) is 31.1 Å². The van der Waals surface area contributed by atoms with Crippen LogP contribution in [0.15, 0.2) is 0 Å². The maximum absolute atomic E-state index is 12.6. The van der Waals surface area contributed by atoms with Crippen molar-refractivity contribution in [1.82, 2.24) is 0 Å². The molecule has 0 unspecified atom stereocenters. The summed E-state index contributed by atoms with van der Waals surface area (Å²) in [5.74, 6) is 0.707. The van der Waals surface area contributed by atoms with Crippen LogP contribution in [0.1, 0.15) is 227 Å². The van der Waals surface area contributed by atoms with Gasteiger partial charge in [0.05, 0.1) is 0 Å². The van der Waals surface area contributed by atoms with E-state index in [0.717, 1.165) is 69.6 Å². The molecule has 0 aliphatic rings. The number of hydrogen-bond acceptors (Lipinski definition) is 6. The van der Waals surface area contributed by atoms with Gasteiger partial charge in [-0.3, -0.25) is 14.4 Å². The van der Waals surface area contributed by atoms with Crippen molar-refractivity contribution >= 4 is 17.9 Å². The van der Waals surface area contributed by atoms with Crippen LogP contribution in [0.5, 0.6) is 0 Å². The number of hydrogen-bond donors (Lipinski definition) is 0. The van der Waals surface area contributed by atoms with E-state index < -0.39 is 6.10 Å². The monoisotopic (exact) mass is 695 g/mol. The van der Waals surface area contributed by atoms with E-state index in [1.165, 1.54) is 116 Å². The Bertz CT molecular complexity index is 749. The minimum Gasteiger partial charge on any atom is -0.462 e. The van der Waals surface area contributed by atoms with Crippen molar-refractivity contribution in [3.63, 3.8) is 0 Å². The molecule has 0 rings (SSSR count). The lowest BCUT2D eigenvalue weighted by Gasteiger charge is -2.18. The van der Waals surface area contributed by atoms with Crippen LogP contribution in [0.2, 0.25) is 0 Å². The van der Waals surface area contributed by atoms with Crippen molar-refractivity contribution in [2.24, 2.45) is 11.8 Å². The van der Waals surface area contributed by atoms with Gasteiger partial charge in [0.15, 0.2) is 6.10 Å². The lowest BCUT2D eigenvalue weighted by atomic mass is 10.0. The zero-order chi connectivity index (χ0) is 36.2. The van der Waals surface area contributed by atoms with E-state index in [9.17, 15) is 14.4 Å². The molecule has 1 atom stereocenters. The summed E-state index contributed by atoms with van der Waals surface area (Å²) in [6.07, 6.45) is 32.4. The summed E-state index contributed by atoms with van der Waals surface area (Å²) in [4.78, 5) is 37.5. The molecule has 0 spiro atoms. The molecule has 0 aromatic heterocycles. The van der Waals surface area contributed by atoms with Gasteiger partial charge in [0.1, 0.15) is 13.2 Å². The molecule has 0 saturated carbocycles. The first-order valence-corrected chi connectivity index (χ1v) is 21.2. The van der Waals surface area contributed by atoms with Gasteiger partial charge in [0, 0.05) is 19.3 Å². The van der Waals surface area contributed by atoms with E-state index in [0.29, 0.717) is 19.3 Å². The van der Waals surface area contributed by atoms with Gasteiger partial charge < -0.3 is 14.2 Å². The predicted molar refractivity (Wildman–Crippen MR) is 206 cm³/mol. The average molecular weight is 695 g/mol. The maximum atomic E-state index is 12.6. The first kappa shape index (κ1) is 47.4. The molecule has 0 saturated heterocycles. The smallest absolute Gasteiger partial charge is 0.306 e. The molecule has 49 heavy (non-hydrogen) atoms. The Morgan fingerprint density at radius 3 is 1.00 bits per heavy atom. The highest BCUT2D eigenvalue weighted by Crippen LogP contribution is 2.16. The highest BCUT2D eigenvalue weighted by molar-refractivity contribution is 5.71. The fourth-order valence-corrected chi connectivity index (χ4v) is 6.22. The van der Waals surface area contributed by atoms with Crippen LogP contribution < -0.4 is 0 Å². The Labute approximate surface area is 304 Å². The van der Waals surface area contributed by atoms with Gasteiger partial charge in [0.25, 0.3) is 0 Å². The van der Waals surface area contributed by atoms with Gasteiger partial charge in [-0.15, -0.1) is 0 Å². The maximum Gasteiger partial charge on any atom is 0.306 e. The molecule has 290 valence electrons. The molecule has 0 aliphatic heterocycles. The zero-order valence-corrected chi connectivity index (χ0v) is 33.3. The largest absolute Gasteiger partial charge is 0.462 e. The van der Waals surface area contributed by atoms with Crippen LogP contribution in [0.4, 0.5) is 0 Å². The highest BCUT2D eigenvalue weighted by atomic mass is 16.6. The van der Waals surface area contributed by atoms with Gasteiger partial charge in [0.2, 0.25) is 0 Å². The second kappa shape index (κ2) is 36.2. The molecule has 0 aromatic carbocycles. The van der Waals surface area contributed by atoms with Crippen LogP contribution in [0, 0.1) is 11.8 Å². The second-order valence-electron chi connectivity index (χ2n) is 15.6. The number of unbranched alkanes of at least 4 members (excludes halogenated alkanes) is 22. The lowest BCUT2D eigenvalue weighted by Crippen LogP contribution is -2.30. The third kappa shape index (κ3) is 37.5. The molecule has 0 aliphatic carbocycles. The zero-order valence-electron chi connectivity index (χ0n) is 33.3. The summed E-state index contributed by atoms with van der Waals surface area (Å²) in [5.41, 5.74) is 0. The van der Waals surface area contributed by atoms with Gasteiger partial charge in [-0.1, -0.05) is 189 Å². The normalized spacial score (nSPS) is 12.1. The van der Waals surface area contributed by atoms with Crippen LogP contribution in [0.3, 0.4) is 0 Å². The topological polar surface area (TPSA) is 78.9 Å². The highest BCUT2D eigenvalue weighted by Gasteiger charge is 2.19. The van der Waals surface area contributed by atoms with Crippen LogP contribution in [-0.2, 0) is 28.6 Å². The molecule has 0 N–H and O–H groups in total. The summed E-state index contributed by atoms with van der Waals surface area (Å²) in [6.45, 7) is 11.2. The molecular formula is C43H82O6. The molecule has 0 heterocycles. The van der Waals surface area contributed by atoms with Crippen molar-refractivity contribution in [3.8, 4) is 0 Å². The fourth-order valence-electron chi connectivity index (χ4n) is 6.22. The fraction of sp³-hybridized carbons (Fsp3) is 0.930. The standard InChI is InChI=1S/C43H82O6/c1-6-7-8-9-10-11-12-18-23-28-33-41(44)47-36-40(49-43(46)35-30-25-20-15-17-22-27-32-39(4)5)37-48-42(45)34-29-24-19-14-13-16-21-26-31-38(2)3/h38-40H,6-37H2,1-5H3/t40-/m1/s1. The van der Waals surface area contributed by atoms with E-state index in [2.05, 4.69) is 34.6 Å². The van der Waals surface area contributed by atoms with Crippen LogP contribution in [0.25, 0.3) is 0 Å². The van der Waals surface area contributed by atoms with Crippen molar-refractivity contribution < 1.29 is 28.6 Å². The number of carbonyl (C=O) groups excluding carboxylic acids is 3.